The van der Waals surface area contributed by atoms with Crippen molar-refractivity contribution in [1.29, 1.82) is 0 Å². The number of rotatable bonds is 2. The number of aromatic carboxylic acids is 1. The number of nitrogens with one attached hydrogen (secondary N) is 1. The molecule has 0 unspecified atom stereocenters. The van der Waals surface area contributed by atoms with E-state index < -0.39 is 12.1 Å². The summed E-state index contributed by atoms with van der Waals surface area (Å²) >= 11 is 0. The first-order valence-corrected chi connectivity index (χ1v) is 5.55. The zero-order valence-corrected chi connectivity index (χ0v) is 11.1. The van der Waals surface area contributed by atoms with Gasteiger partial charge in [0.25, 0.3) is 0 Å². The Balaban J connectivity index is 0.000000342. The Labute approximate surface area is 124 Å². The predicted molar refractivity (Wildman–Crippen MR) is 77.2 cm³/mol. The van der Waals surface area contributed by atoms with Crippen LogP contribution >= 0.6 is 0 Å². The molecule has 2 aromatic rings. The van der Waals surface area contributed by atoms with Crippen molar-refractivity contribution in [3.63, 3.8) is 0 Å². The number of aromatic nitrogens is 2. The Kier molecular flexibility index (Phi) is 9.34. The van der Waals surface area contributed by atoms with E-state index in [0.29, 0.717) is 5.82 Å². The van der Waals surface area contributed by atoms with Crippen LogP contribution in [0.1, 0.15) is 10.5 Å². The van der Waals surface area contributed by atoms with Crippen molar-refractivity contribution < 1.29 is 19.8 Å². The lowest BCUT2D eigenvalue weighted by Crippen LogP contribution is -2.07. The summed E-state index contributed by atoms with van der Waals surface area (Å²) in [5, 5.41) is 18.6. The highest BCUT2D eigenvalue weighted by atomic mass is 16.4. The Morgan fingerprint density at radius 3 is 1.86 bits per heavy atom. The number of nitrogens with zero attached hydrogens (tertiary/aromatic N) is 5. The second-order valence-electron chi connectivity index (χ2n) is 3.25. The summed E-state index contributed by atoms with van der Waals surface area (Å²) in [6.45, 7) is 0. The van der Waals surface area contributed by atoms with E-state index in [1.165, 1.54) is 23.4 Å². The largest absolute Gasteiger partial charge is 0.477 e. The summed E-state index contributed by atoms with van der Waals surface area (Å²) in [5.41, 5.74) is 13.6. The molecule has 0 spiro atoms. The molecule has 114 valence electrons. The van der Waals surface area contributed by atoms with Crippen LogP contribution in [0.2, 0.25) is 0 Å². The first kappa shape index (κ1) is 18.4. The van der Waals surface area contributed by atoms with Gasteiger partial charge in [-0.15, -0.1) is 0 Å². The third kappa shape index (κ3) is 9.30. The first-order valence-electron chi connectivity index (χ1n) is 5.55. The second-order valence-corrected chi connectivity index (χ2v) is 3.25. The minimum Gasteiger partial charge on any atom is -0.477 e. The van der Waals surface area contributed by atoms with Gasteiger partial charge in [0.1, 0.15) is 11.5 Å². The van der Waals surface area contributed by atoms with Gasteiger partial charge in [-0.2, -0.15) is 0 Å². The molecule has 10 nitrogen and oxygen atoms in total. The van der Waals surface area contributed by atoms with Gasteiger partial charge in [-0.1, -0.05) is 12.1 Å². The van der Waals surface area contributed by atoms with Crippen LogP contribution in [0.4, 0.5) is 10.6 Å². The third-order valence-electron chi connectivity index (χ3n) is 1.78. The second kappa shape index (κ2) is 11.2. The normalized spacial score (nSPS) is 8.00. The minimum absolute atomic E-state index is 0.0810. The van der Waals surface area contributed by atoms with Crippen LogP contribution in [-0.4, -0.2) is 32.2 Å². The molecular weight excluding hydrogens is 292 g/mol. The van der Waals surface area contributed by atoms with Gasteiger partial charge in [0.2, 0.25) is 0 Å². The molecule has 10 heteroatoms. The molecule has 2 rings (SSSR count). The maximum absolute atomic E-state index is 10.1. The number of amides is 1. The van der Waals surface area contributed by atoms with Gasteiger partial charge in [-0.25, -0.2) is 19.6 Å². The van der Waals surface area contributed by atoms with Crippen molar-refractivity contribution in [3.05, 3.63) is 70.5 Å². The van der Waals surface area contributed by atoms with Gasteiger partial charge in [-0.3, -0.25) is 10.2 Å². The number of carboxylic acids is 1. The molecule has 0 radical (unpaired) electrons. The first-order chi connectivity index (χ1) is 10.5. The average molecular weight is 303 g/mol. The molecule has 0 saturated heterocycles. The van der Waals surface area contributed by atoms with Crippen LogP contribution in [-0.2, 0) is 0 Å². The molecule has 0 saturated carbocycles. The highest BCUT2D eigenvalue weighted by molar-refractivity contribution is 5.85. The number of hydrogen-bond donors (Lipinski definition) is 3. The van der Waals surface area contributed by atoms with Crippen molar-refractivity contribution >= 4 is 17.9 Å². The van der Waals surface area contributed by atoms with Crippen molar-refractivity contribution in [1.82, 2.24) is 9.97 Å². The molecular formula is C12H11N6O4-. The van der Waals surface area contributed by atoms with Gasteiger partial charge in [0.05, 0.1) is 0 Å². The summed E-state index contributed by atoms with van der Waals surface area (Å²) < 4.78 is 0. The van der Waals surface area contributed by atoms with Crippen LogP contribution in [0.3, 0.4) is 0 Å². The summed E-state index contributed by atoms with van der Waals surface area (Å²) in [6.07, 6.45) is 1.87. The maximum atomic E-state index is 10.1. The lowest BCUT2D eigenvalue weighted by atomic mass is 10.4. The number of carboxylic acid groups (broad SMARTS) is 2. The maximum Gasteiger partial charge on any atom is 0.410 e. The Bertz CT molecular complexity index is 614. The van der Waals surface area contributed by atoms with E-state index in [0.717, 1.165) is 0 Å². The van der Waals surface area contributed by atoms with Gasteiger partial charge < -0.3 is 21.3 Å². The molecule has 2 heterocycles. The molecule has 3 N–H and O–H groups in total. The van der Waals surface area contributed by atoms with Crippen molar-refractivity contribution in [2.45, 2.75) is 0 Å². The summed E-state index contributed by atoms with van der Waals surface area (Å²) in [4.78, 5) is 29.0. The topological polar surface area (TPSA) is 171 Å². The molecule has 0 aliphatic carbocycles. The standard InChI is InChI=1S/C6H6N2O2.C6H5NO2.N3/c9-6(10)8-5-3-1-2-4-7-5;8-6(9)5-3-1-2-4-7-5;1-3-2/h1-4H,(H,7,8)(H,9,10);1-4H,(H,8,9);/q;;-1. The van der Waals surface area contributed by atoms with Gasteiger partial charge in [-0.05, 0) is 24.3 Å². The summed E-state index contributed by atoms with van der Waals surface area (Å²) in [7, 11) is 0. The van der Waals surface area contributed by atoms with Gasteiger partial charge >= 0.3 is 12.1 Å². The van der Waals surface area contributed by atoms with E-state index >= 15 is 0 Å². The summed E-state index contributed by atoms with van der Waals surface area (Å²) in [5.74, 6) is -0.648. The summed E-state index contributed by atoms with van der Waals surface area (Å²) in [6, 6.07) is 9.75. The third-order valence-corrected chi connectivity index (χ3v) is 1.78. The van der Waals surface area contributed by atoms with E-state index in [1.807, 2.05) is 0 Å². The van der Waals surface area contributed by atoms with Gasteiger partial charge in [0, 0.05) is 12.4 Å². The van der Waals surface area contributed by atoms with Crippen molar-refractivity contribution in [2.75, 3.05) is 5.32 Å². The SMILES string of the molecule is O=C(O)Nc1ccccn1.O=C(O)c1ccccn1.[N-]=[N+]=[N-]. The number of anilines is 1. The molecule has 0 atom stereocenters. The molecule has 22 heavy (non-hydrogen) atoms. The fourth-order valence-electron chi connectivity index (χ4n) is 1.04. The number of hydrogen-bond acceptors (Lipinski definition) is 4. The Morgan fingerprint density at radius 1 is 1.00 bits per heavy atom. The average Bonchev–Trinajstić information content (AvgIpc) is 2.50. The van der Waals surface area contributed by atoms with Crippen molar-refractivity contribution in [2.24, 2.45) is 0 Å². The van der Waals surface area contributed by atoms with Crippen LogP contribution in [0, 0.1) is 0 Å². The molecule has 1 amide bonds. The highest BCUT2D eigenvalue weighted by Crippen LogP contribution is 1.98. The monoisotopic (exact) mass is 303 g/mol. The fourth-order valence-corrected chi connectivity index (χ4v) is 1.04. The smallest absolute Gasteiger partial charge is 0.410 e. The lowest BCUT2D eigenvalue weighted by molar-refractivity contribution is 0.0690. The predicted octanol–water partition coefficient (Wildman–Crippen LogP) is 2.82. The zero-order valence-electron chi connectivity index (χ0n) is 11.1. The van der Waals surface area contributed by atoms with E-state index in [1.54, 1.807) is 30.3 Å². The molecule has 0 aliphatic rings. The number of carbonyl (C=O) groups is 2. The minimum atomic E-state index is -1.10. The Hall–Kier alpha value is -3.65. The quantitative estimate of drug-likeness (QED) is 0.437. The van der Waals surface area contributed by atoms with Gasteiger partial charge in [0.15, 0.2) is 0 Å². The van der Waals surface area contributed by atoms with E-state index in [-0.39, 0.29) is 5.69 Å². The van der Waals surface area contributed by atoms with Crippen LogP contribution in [0.25, 0.3) is 16.0 Å². The zero-order chi connectivity index (χ0) is 16.8. The van der Waals surface area contributed by atoms with Crippen LogP contribution < -0.4 is 5.32 Å². The van der Waals surface area contributed by atoms with Crippen molar-refractivity contribution in [3.8, 4) is 0 Å². The van der Waals surface area contributed by atoms with Crippen LogP contribution in [0.15, 0.2) is 48.8 Å². The molecule has 0 fully saturated rings. The number of pyridine rings is 2. The lowest BCUT2D eigenvalue weighted by Gasteiger charge is -1.95. The van der Waals surface area contributed by atoms with E-state index in [9.17, 15) is 9.59 Å². The van der Waals surface area contributed by atoms with Crippen LogP contribution in [0.5, 0.6) is 0 Å². The fraction of sp³-hybridized carbons (Fsp3) is 0. The van der Waals surface area contributed by atoms with E-state index in [4.69, 9.17) is 21.3 Å². The Morgan fingerprint density at radius 2 is 1.55 bits per heavy atom. The molecule has 0 bridgehead atoms. The molecule has 2 aromatic heterocycles. The molecule has 0 aliphatic heterocycles. The van der Waals surface area contributed by atoms with E-state index in [2.05, 4.69) is 15.3 Å². The highest BCUT2D eigenvalue weighted by Gasteiger charge is 1.99. The molecule has 0 aromatic carbocycles.